The number of hydrogen-bond donors (Lipinski definition) is 2. The van der Waals surface area contributed by atoms with E-state index in [4.69, 9.17) is 9.47 Å². The van der Waals surface area contributed by atoms with E-state index in [1.165, 1.54) is 6.08 Å². The fourth-order valence-corrected chi connectivity index (χ4v) is 3.11. The molecule has 1 aliphatic rings. The number of benzene rings is 2. The Hall–Kier alpha value is -3.54. The summed E-state index contributed by atoms with van der Waals surface area (Å²) in [7, 11) is 0. The lowest BCUT2D eigenvalue weighted by Crippen LogP contribution is -2.25. The Bertz CT molecular complexity index is 1130. The molecule has 2 aromatic carbocycles. The quantitative estimate of drug-likeness (QED) is 0.671. The van der Waals surface area contributed by atoms with Crippen LogP contribution in [0.2, 0.25) is 0 Å². The van der Waals surface area contributed by atoms with Crippen LogP contribution in [0.1, 0.15) is 16.7 Å². The number of carbonyl (C=O) groups is 1. The van der Waals surface area contributed by atoms with Gasteiger partial charge >= 0.3 is 0 Å². The van der Waals surface area contributed by atoms with E-state index in [9.17, 15) is 9.59 Å². The van der Waals surface area contributed by atoms with Crippen molar-refractivity contribution in [1.29, 1.82) is 0 Å². The zero-order valence-corrected chi connectivity index (χ0v) is 15.5. The van der Waals surface area contributed by atoms with Crippen LogP contribution in [0, 0.1) is 6.92 Å². The van der Waals surface area contributed by atoms with Crippen LogP contribution in [0.15, 0.2) is 53.3 Å². The van der Waals surface area contributed by atoms with E-state index in [1.54, 1.807) is 6.08 Å². The van der Waals surface area contributed by atoms with Gasteiger partial charge in [0.2, 0.25) is 12.7 Å². The average Bonchev–Trinajstić information content (AvgIpc) is 3.14. The molecule has 2 N–H and O–H groups in total. The summed E-state index contributed by atoms with van der Waals surface area (Å²) >= 11 is 0. The lowest BCUT2D eigenvalue weighted by molar-refractivity contribution is -0.116. The Morgan fingerprint density at radius 1 is 1.14 bits per heavy atom. The van der Waals surface area contributed by atoms with Crippen LogP contribution >= 0.6 is 0 Å². The van der Waals surface area contributed by atoms with Crippen LogP contribution < -0.4 is 20.3 Å². The third kappa shape index (κ3) is 3.91. The van der Waals surface area contributed by atoms with Crippen molar-refractivity contribution in [3.63, 3.8) is 0 Å². The largest absolute Gasteiger partial charge is 0.454 e. The van der Waals surface area contributed by atoms with E-state index >= 15 is 0 Å². The van der Waals surface area contributed by atoms with Gasteiger partial charge in [0.25, 0.3) is 5.56 Å². The minimum Gasteiger partial charge on any atom is -0.454 e. The lowest BCUT2D eigenvalue weighted by atomic mass is 10.1. The SMILES string of the molecule is Cc1ccc2cc(CCNC(=O)/C=C\c3ccc4c(c3)OCO4)c(=O)[nH]c2c1. The lowest BCUT2D eigenvalue weighted by Gasteiger charge is -2.05. The molecule has 0 saturated heterocycles. The van der Waals surface area contributed by atoms with Crippen LogP contribution in [-0.4, -0.2) is 24.2 Å². The number of H-pyrrole nitrogens is 1. The van der Waals surface area contributed by atoms with E-state index in [0.29, 0.717) is 30.0 Å². The van der Waals surface area contributed by atoms with E-state index < -0.39 is 0 Å². The fourth-order valence-electron chi connectivity index (χ4n) is 3.11. The molecule has 0 saturated carbocycles. The summed E-state index contributed by atoms with van der Waals surface area (Å²) < 4.78 is 10.6. The maximum Gasteiger partial charge on any atom is 0.251 e. The highest BCUT2D eigenvalue weighted by Gasteiger charge is 2.12. The van der Waals surface area contributed by atoms with Crippen LogP contribution in [0.3, 0.4) is 0 Å². The molecule has 3 aromatic rings. The molecule has 6 nitrogen and oxygen atoms in total. The van der Waals surface area contributed by atoms with Gasteiger partial charge in [-0.15, -0.1) is 0 Å². The van der Waals surface area contributed by atoms with Crippen LogP contribution in [0.5, 0.6) is 11.5 Å². The maximum absolute atomic E-state index is 12.2. The molecular formula is C22H20N2O4. The summed E-state index contributed by atoms with van der Waals surface area (Å²) in [5, 5.41) is 3.78. The van der Waals surface area contributed by atoms with Gasteiger partial charge < -0.3 is 19.8 Å². The number of rotatable bonds is 5. The predicted octanol–water partition coefficient (Wildman–Crippen LogP) is 2.94. The highest BCUT2D eigenvalue weighted by molar-refractivity contribution is 5.91. The number of pyridine rings is 1. The van der Waals surface area contributed by atoms with Crippen molar-refractivity contribution in [2.24, 2.45) is 0 Å². The highest BCUT2D eigenvalue weighted by Crippen LogP contribution is 2.32. The molecule has 0 aliphatic carbocycles. The highest BCUT2D eigenvalue weighted by atomic mass is 16.7. The number of nitrogens with one attached hydrogen (secondary N) is 2. The average molecular weight is 376 g/mol. The second kappa shape index (κ2) is 7.60. The number of ether oxygens (including phenoxy) is 2. The topological polar surface area (TPSA) is 80.4 Å². The van der Waals surface area contributed by atoms with Gasteiger partial charge in [-0.05, 0) is 60.2 Å². The first-order chi connectivity index (χ1) is 13.6. The first-order valence-electron chi connectivity index (χ1n) is 9.07. The first-order valence-corrected chi connectivity index (χ1v) is 9.07. The number of hydrogen-bond acceptors (Lipinski definition) is 4. The zero-order valence-electron chi connectivity index (χ0n) is 15.5. The number of aryl methyl sites for hydroxylation is 1. The maximum atomic E-state index is 12.2. The Kier molecular flexibility index (Phi) is 4.85. The van der Waals surface area contributed by atoms with Crippen molar-refractivity contribution in [2.45, 2.75) is 13.3 Å². The number of aromatic nitrogens is 1. The Labute approximate surface area is 161 Å². The zero-order chi connectivity index (χ0) is 19.5. The number of amides is 1. The van der Waals surface area contributed by atoms with Gasteiger partial charge in [0.05, 0.1) is 0 Å². The number of fused-ring (bicyclic) bond motifs is 2. The van der Waals surface area contributed by atoms with E-state index in [-0.39, 0.29) is 18.3 Å². The van der Waals surface area contributed by atoms with Gasteiger partial charge in [-0.3, -0.25) is 9.59 Å². The Balaban J connectivity index is 1.35. The predicted molar refractivity (Wildman–Crippen MR) is 108 cm³/mol. The summed E-state index contributed by atoms with van der Waals surface area (Å²) in [5.41, 5.74) is 3.29. The van der Waals surface area contributed by atoms with Crippen molar-refractivity contribution < 1.29 is 14.3 Å². The molecule has 0 fully saturated rings. The van der Waals surface area contributed by atoms with Crippen molar-refractivity contribution in [3.05, 3.63) is 75.6 Å². The minimum atomic E-state index is -0.217. The van der Waals surface area contributed by atoms with Gasteiger partial charge in [0.1, 0.15) is 0 Å². The second-order valence-corrected chi connectivity index (χ2v) is 6.70. The molecule has 0 spiro atoms. The standard InChI is InChI=1S/C22H20N2O4/c1-14-2-5-16-12-17(22(26)24-18(16)10-14)8-9-23-21(25)7-4-15-3-6-19-20(11-15)28-13-27-19/h2-7,10-12H,8-9,13H2,1H3,(H,23,25)(H,24,26)/b7-4-. The monoisotopic (exact) mass is 376 g/mol. The van der Waals surface area contributed by atoms with Gasteiger partial charge in [-0.1, -0.05) is 18.2 Å². The summed E-state index contributed by atoms with van der Waals surface area (Å²) in [6, 6.07) is 13.3. The molecule has 4 rings (SSSR count). The van der Waals surface area contributed by atoms with Gasteiger partial charge in [-0.25, -0.2) is 0 Å². The van der Waals surface area contributed by atoms with E-state index in [1.807, 2.05) is 49.4 Å². The third-order valence-electron chi connectivity index (χ3n) is 4.60. The van der Waals surface area contributed by atoms with Crippen molar-refractivity contribution in [2.75, 3.05) is 13.3 Å². The molecule has 2 heterocycles. The minimum absolute atomic E-state index is 0.122. The summed E-state index contributed by atoms with van der Waals surface area (Å²) in [4.78, 5) is 27.2. The summed E-state index contributed by atoms with van der Waals surface area (Å²) in [6.45, 7) is 2.58. The normalized spacial score (nSPS) is 12.6. The summed E-state index contributed by atoms with van der Waals surface area (Å²) in [5.74, 6) is 1.16. The van der Waals surface area contributed by atoms with E-state index in [0.717, 1.165) is 22.0 Å². The molecule has 6 heteroatoms. The second-order valence-electron chi connectivity index (χ2n) is 6.70. The van der Waals surface area contributed by atoms with Crippen LogP contribution in [0.4, 0.5) is 0 Å². The van der Waals surface area contributed by atoms with Crippen LogP contribution in [-0.2, 0) is 11.2 Å². The molecule has 0 atom stereocenters. The smallest absolute Gasteiger partial charge is 0.251 e. The number of aromatic amines is 1. The Morgan fingerprint density at radius 3 is 2.89 bits per heavy atom. The third-order valence-corrected chi connectivity index (χ3v) is 4.60. The van der Waals surface area contributed by atoms with Gasteiger partial charge in [0, 0.05) is 23.7 Å². The molecule has 0 radical (unpaired) electrons. The van der Waals surface area contributed by atoms with Crippen molar-refractivity contribution >= 4 is 22.9 Å². The molecule has 142 valence electrons. The van der Waals surface area contributed by atoms with Gasteiger partial charge in [-0.2, -0.15) is 0 Å². The van der Waals surface area contributed by atoms with Crippen molar-refractivity contribution in [1.82, 2.24) is 10.3 Å². The first kappa shape index (κ1) is 17.9. The molecule has 1 aliphatic heterocycles. The van der Waals surface area contributed by atoms with Crippen LogP contribution in [0.25, 0.3) is 17.0 Å². The Morgan fingerprint density at radius 2 is 2.00 bits per heavy atom. The van der Waals surface area contributed by atoms with Crippen molar-refractivity contribution in [3.8, 4) is 11.5 Å². The molecule has 0 unspecified atom stereocenters. The molecular weight excluding hydrogens is 356 g/mol. The van der Waals surface area contributed by atoms with Gasteiger partial charge in [0.15, 0.2) is 11.5 Å². The molecule has 1 amide bonds. The fraction of sp³-hybridized carbons (Fsp3) is 0.182. The molecule has 1 aromatic heterocycles. The van der Waals surface area contributed by atoms with E-state index in [2.05, 4.69) is 10.3 Å². The summed E-state index contributed by atoms with van der Waals surface area (Å²) in [6.07, 6.45) is 3.64. The number of carbonyl (C=O) groups excluding carboxylic acids is 1. The molecule has 28 heavy (non-hydrogen) atoms. The molecule has 0 bridgehead atoms.